The second-order valence-electron chi connectivity index (χ2n) is 4.57. The van der Waals surface area contributed by atoms with Crippen LogP contribution in [0.15, 0.2) is 42.5 Å². The average molecular weight is 298 g/mol. The van der Waals surface area contributed by atoms with Crippen LogP contribution >= 0.6 is 30.9 Å². The predicted molar refractivity (Wildman–Crippen MR) is 89.5 cm³/mol. The van der Waals surface area contributed by atoms with E-state index in [1.54, 1.807) is 0 Å². The molecule has 0 aliphatic heterocycles. The Balaban J connectivity index is 1.83. The molecule has 19 heavy (non-hydrogen) atoms. The smallest absolute Gasteiger partial charge is 0.0544 e. The first-order valence-electron chi connectivity index (χ1n) is 6.13. The third-order valence-electron chi connectivity index (χ3n) is 3.43. The van der Waals surface area contributed by atoms with E-state index in [9.17, 15) is 0 Å². The Morgan fingerprint density at radius 3 is 2.47 bits per heavy atom. The first-order chi connectivity index (χ1) is 9.35. The lowest BCUT2D eigenvalue weighted by molar-refractivity contribution is 1.38. The van der Waals surface area contributed by atoms with Gasteiger partial charge in [0, 0.05) is 21.1 Å². The molecule has 0 radical (unpaired) electrons. The minimum atomic E-state index is 1.11. The summed E-state index contributed by atoms with van der Waals surface area (Å²) in [5, 5.41) is 0. The second-order valence-corrected chi connectivity index (χ2v) is 7.94. The molecule has 2 heterocycles. The highest BCUT2D eigenvalue weighted by Crippen LogP contribution is 2.46. The highest BCUT2D eigenvalue weighted by atomic mass is 32.1. The number of hydrogen-bond donors (Lipinski definition) is 0. The van der Waals surface area contributed by atoms with Gasteiger partial charge in [-0.2, -0.15) is 0 Å². The van der Waals surface area contributed by atoms with Crippen LogP contribution < -0.4 is 4.62 Å². The fraction of sp³-hybridized carbons (Fsp3) is 0.0625. The fourth-order valence-electron chi connectivity index (χ4n) is 2.53. The van der Waals surface area contributed by atoms with E-state index in [4.69, 9.17) is 0 Å². The number of thiophene rings is 2. The Morgan fingerprint density at radius 1 is 0.947 bits per heavy atom. The summed E-state index contributed by atoms with van der Waals surface area (Å²) in [5.74, 6) is 0. The summed E-state index contributed by atoms with van der Waals surface area (Å²) in [6, 6.07) is 15.3. The van der Waals surface area contributed by atoms with Crippen molar-refractivity contribution in [3.05, 3.63) is 52.2 Å². The quantitative estimate of drug-likeness (QED) is 0.454. The van der Waals surface area contributed by atoms with Gasteiger partial charge in [0.1, 0.15) is 0 Å². The molecule has 0 saturated carbocycles. The lowest BCUT2D eigenvalue weighted by Crippen LogP contribution is -1.78. The van der Waals surface area contributed by atoms with Crippen LogP contribution in [0, 0.1) is 0 Å². The first kappa shape index (κ1) is 11.6. The van der Waals surface area contributed by atoms with Crippen LogP contribution in [0.1, 0.15) is 9.75 Å². The summed E-state index contributed by atoms with van der Waals surface area (Å²) in [6.07, 6.45) is 5.08. The van der Waals surface area contributed by atoms with E-state index >= 15 is 0 Å². The van der Waals surface area contributed by atoms with E-state index in [1.807, 2.05) is 22.7 Å². The standard InChI is InChI=1S/C16H11PS2/c1-17-16-8-12-11-7-13(10-5-3-2-4-6-10)18-14(11)9-15(12)19-16/h2-8H,1,9H2. The Hall–Kier alpha value is -1.21. The molecule has 4 rings (SSSR count). The third kappa shape index (κ3) is 1.83. The number of fused-ring (bicyclic) bond motifs is 3. The third-order valence-corrected chi connectivity index (χ3v) is 6.65. The van der Waals surface area contributed by atoms with Crippen LogP contribution in [0.25, 0.3) is 21.6 Å². The summed E-state index contributed by atoms with van der Waals surface area (Å²) in [6.45, 7) is 0. The highest BCUT2D eigenvalue weighted by Gasteiger charge is 2.24. The molecule has 0 nitrogen and oxygen atoms in total. The van der Waals surface area contributed by atoms with Gasteiger partial charge < -0.3 is 0 Å². The van der Waals surface area contributed by atoms with Crippen molar-refractivity contribution < 1.29 is 0 Å². The number of rotatable bonds is 2. The van der Waals surface area contributed by atoms with Gasteiger partial charge in [0.15, 0.2) is 0 Å². The Labute approximate surface area is 122 Å². The summed E-state index contributed by atoms with van der Waals surface area (Å²) < 4.78 is 1.38. The zero-order valence-electron chi connectivity index (χ0n) is 10.2. The number of hydrogen-bond acceptors (Lipinski definition) is 2. The van der Waals surface area contributed by atoms with Gasteiger partial charge >= 0.3 is 0 Å². The molecule has 0 atom stereocenters. The van der Waals surface area contributed by atoms with Gasteiger partial charge in [0.25, 0.3) is 0 Å². The summed E-state index contributed by atoms with van der Waals surface area (Å²) in [4.78, 5) is 4.43. The summed E-state index contributed by atoms with van der Waals surface area (Å²) >= 11 is 3.86. The zero-order valence-corrected chi connectivity index (χ0v) is 12.7. The van der Waals surface area contributed by atoms with E-state index < -0.39 is 0 Å². The molecule has 92 valence electrons. The summed E-state index contributed by atoms with van der Waals surface area (Å²) in [7, 11) is 1.14. The van der Waals surface area contributed by atoms with Gasteiger partial charge in [0.05, 0.1) is 4.62 Å². The van der Waals surface area contributed by atoms with Crippen LogP contribution in [0.4, 0.5) is 0 Å². The zero-order chi connectivity index (χ0) is 12.8. The lowest BCUT2D eigenvalue weighted by Gasteiger charge is -1.96. The Bertz CT molecular complexity index is 765. The van der Waals surface area contributed by atoms with Crippen molar-refractivity contribution in [3.8, 4) is 21.6 Å². The van der Waals surface area contributed by atoms with Crippen molar-refractivity contribution in [2.24, 2.45) is 0 Å². The van der Waals surface area contributed by atoms with Crippen molar-refractivity contribution in [1.82, 2.24) is 0 Å². The molecule has 0 bridgehead atoms. The summed E-state index contributed by atoms with van der Waals surface area (Å²) in [5.41, 5.74) is 4.23. The molecule has 0 fully saturated rings. The van der Waals surface area contributed by atoms with E-state index in [1.165, 1.54) is 35.9 Å². The van der Waals surface area contributed by atoms with Gasteiger partial charge in [-0.3, -0.25) is 0 Å². The molecular weight excluding hydrogens is 287 g/mol. The molecule has 2 aromatic heterocycles. The maximum absolute atomic E-state index is 3.96. The minimum Gasteiger partial charge on any atom is -0.139 e. The van der Waals surface area contributed by atoms with Crippen LogP contribution in [0.5, 0.6) is 0 Å². The van der Waals surface area contributed by atoms with Gasteiger partial charge in [-0.1, -0.05) is 44.8 Å². The molecule has 3 heteroatoms. The molecular formula is C16H11PS2. The normalized spacial score (nSPS) is 12.6. The monoisotopic (exact) mass is 298 g/mol. The first-order valence-corrected chi connectivity index (χ1v) is 8.84. The van der Waals surface area contributed by atoms with Crippen molar-refractivity contribution in [2.75, 3.05) is 0 Å². The molecule has 0 spiro atoms. The van der Waals surface area contributed by atoms with Crippen LogP contribution in [-0.4, -0.2) is 6.30 Å². The van der Waals surface area contributed by atoms with Crippen molar-refractivity contribution in [3.63, 3.8) is 0 Å². The molecule has 3 aromatic rings. The molecule has 1 aliphatic carbocycles. The minimum absolute atomic E-state index is 1.11. The predicted octanol–water partition coefficient (Wildman–Crippen LogP) is 5.05. The SMILES string of the molecule is C=Pc1cc2c(s1)Cc1sc(-c3ccccc3)cc1-2. The maximum atomic E-state index is 3.96. The molecule has 1 aromatic carbocycles. The fourth-order valence-corrected chi connectivity index (χ4v) is 5.55. The molecule has 0 saturated heterocycles. The van der Waals surface area contributed by atoms with Crippen LogP contribution in [0.2, 0.25) is 0 Å². The van der Waals surface area contributed by atoms with Crippen molar-refractivity contribution >= 4 is 41.8 Å². The topological polar surface area (TPSA) is 0 Å². The highest BCUT2D eigenvalue weighted by molar-refractivity contribution is 7.55. The Kier molecular flexibility index (Phi) is 2.70. The van der Waals surface area contributed by atoms with E-state index in [-0.39, 0.29) is 0 Å². The molecule has 1 aliphatic rings. The van der Waals surface area contributed by atoms with Crippen LogP contribution in [0.3, 0.4) is 0 Å². The molecule has 0 unspecified atom stereocenters. The van der Waals surface area contributed by atoms with Gasteiger partial charge in [-0.05, 0) is 28.8 Å². The van der Waals surface area contributed by atoms with Gasteiger partial charge in [-0.25, -0.2) is 0 Å². The van der Waals surface area contributed by atoms with Gasteiger partial charge in [-0.15, -0.1) is 22.7 Å². The molecule has 0 amide bonds. The van der Waals surface area contributed by atoms with Gasteiger partial charge in [0.2, 0.25) is 0 Å². The van der Waals surface area contributed by atoms with E-state index in [0.29, 0.717) is 0 Å². The van der Waals surface area contributed by atoms with E-state index in [2.05, 4.69) is 48.8 Å². The average Bonchev–Trinajstić information content (AvgIpc) is 3.09. The van der Waals surface area contributed by atoms with Crippen molar-refractivity contribution in [2.45, 2.75) is 6.42 Å². The lowest BCUT2D eigenvalue weighted by atomic mass is 10.1. The van der Waals surface area contributed by atoms with Crippen LogP contribution in [-0.2, 0) is 6.42 Å². The van der Waals surface area contributed by atoms with Crippen molar-refractivity contribution in [1.29, 1.82) is 0 Å². The maximum Gasteiger partial charge on any atom is 0.0544 e. The largest absolute Gasteiger partial charge is 0.139 e. The van der Waals surface area contributed by atoms with E-state index in [0.717, 1.165) is 14.6 Å². The second kappa shape index (κ2) is 4.42. The Morgan fingerprint density at radius 2 is 1.68 bits per heavy atom. The molecule has 0 N–H and O–H groups in total. The number of benzene rings is 1.